The van der Waals surface area contributed by atoms with Crippen molar-refractivity contribution in [3.05, 3.63) is 70.4 Å². The first-order chi connectivity index (χ1) is 13.8. The van der Waals surface area contributed by atoms with Crippen LogP contribution in [0.25, 0.3) is 16.7 Å². The van der Waals surface area contributed by atoms with E-state index >= 15 is 0 Å². The van der Waals surface area contributed by atoms with Crippen LogP contribution in [-0.2, 0) is 19.1 Å². The third-order valence-corrected chi connectivity index (χ3v) is 4.88. The fourth-order valence-electron chi connectivity index (χ4n) is 3.51. The van der Waals surface area contributed by atoms with Crippen LogP contribution >= 0.6 is 0 Å². The lowest BCUT2D eigenvalue weighted by atomic mass is 9.83. The van der Waals surface area contributed by atoms with Crippen molar-refractivity contribution in [3.8, 4) is 11.1 Å². The summed E-state index contributed by atoms with van der Waals surface area (Å²) in [7, 11) is 2.59. The monoisotopic (exact) mass is 393 g/mol. The highest BCUT2D eigenvalue weighted by Gasteiger charge is 2.36. The molecule has 0 unspecified atom stereocenters. The fraction of sp³-hybridized carbons (Fsp3) is 0.182. The minimum absolute atomic E-state index is 0.0761. The number of methoxy groups -OCH3 is 2. The van der Waals surface area contributed by atoms with Gasteiger partial charge in [0.25, 0.3) is 0 Å². The highest BCUT2D eigenvalue weighted by atomic mass is 16.5. The Hall–Kier alpha value is -3.74. The summed E-state index contributed by atoms with van der Waals surface area (Å²) in [5, 5.41) is 9.65. The lowest BCUT2D eigenvalue weighted by Crippen LogP contribution is -2.24. The molecule has 1 heterocycles. The fourth-order valence-corrected chi connectivity index (χ4v) is 3.51. The molecule has 7 nitrogen and oxygen atoms in total. The summed E-state index contributed by atoms with van der Waals surface area (Å²) in [4.78, 5) is 41.7. The summed E-state index contributed by atoms with van der Waals surface area (Å²) in [6, 6.07) is 6.40. The van der Waals surface area contributed by atoms with Crippen LogP contribution in [-0.4, -0.2) is 41.8 Å². The van der Waals surface area contributed by atoms with Gasteiger partial charge in [0, 0.05) is 34.7 Å². The summed E-state index contributed by atoms with van der Waals surface area (Å²) in [6.07, 6.45) is 3.14. The predicted molar refractivity (Wildman–Crippen MR) is 105 cm³/mol. The maximum atomic E-state index is 13.1. The van der Waals surface area contributed by atoms with E-state index in [2.05, 4.69) is 4.98 Å². The number of benzene rings is 1. The number of aromatic nitrogens is 1. The number of carbonyl (C=O) groups excluding carboxylic acids is 2. The highest BCUT2D eigenvalue weighted by Crippen LogP contribution is 2.37. The van der Waals surface area contributed by atoms with Gasteiger partial charge in [0.05, 0.1) is 19.8 Å². The van der Waals surface area contributed by atoms with Gasteiger partial charge in [0.15, 0.2) is 0 Å². The van der Waals surface area contributed by atoms with Gasteiger partial charge in [-0.2, -0.15) is 0 Å². The number of carbonyl (C=O) groups is 3. The van der Waals surface area contributed by atoms with Crippen molar-refractivity contribution in [2.75, 3.05) is 14.2 Å². The molecule has 29 heavy (non-hydrogen) atoms. The number of hydrogen-bond donors (Lipinski definition) is 1. The van der Waals surface area contributed by atoms with Crippen molar-refractivity contribution in [3.63, 3.8) is 0 Å². The Bertz CT molecular complexity index is 1100. The molecule has 1 aromatic carbocycles. The Balaban J connectivity index is 2.31. The maximum Gasteiger partial charge on any atom is 0.336 e. The van der Waals surface area contributed by atoms with Gasteiger partial charge in [0.2, 0.25) is 23.1 Å². The molecule has 0 bridgehead atoms. The zero-order chi connectivity index (χ0) is 21.3. The van der Waals surface area contributed by atoms with Gasteiger partial charge in [-0.15, -0.1) is 0 Å². The molecule has 0 spiro atoms. The van der Waals surface area contributed by atoms with Gasteiger partial charge < -0.3 is 14.6 Å². The van der Waals surface area contributed by atoms with E-state index in [1.807, 2.05) is 0 Å². The second-order valence-corrected chi connectivity index (χ2v) is 6.43. The lowest BCUT2D eigenvalue weighted by molar-refractivity contribution is -0.119. The van der Waals surface area contributed by atoms with Gasteiger partial charge in [-0.25, -0.2) is 4.79 Å². The van der Waals surface area contributed by atoms with Crippen LogP contribution in [0.5, 0.6) is 0 Å². The van der Waals surface area contributed by atoms with Gasteiger partial charge in [-0.1, -0.05) is 12.1 Å². The smallest absolute Gasteiger partial charge is 0.336 e. The molecule has 0 amide bonds. The summed E-state index contributed by atoms with van der Waals surface area (Å²) in [6.45, 7) is 3.25. The molecule has 1 aliphatic carbocycles. The van der Waals surface area contributed by atoms with Crippen molar-refractivity contribution in [2.45, 2.75) is 13.8 Å². The van der Waals surface area contributed by atoms with Crippen LogP contribution in [0, 0.1) is 6.92 Å². The number of pyridine rings is 1. The highest BCUT2D eigenvalue weighted by molar-refractivity contribution is 6.38. The zero-order valence-corrected chi connectivity index (χ0v) is 16.4. The van der Waals surface area contributed by atoms with E-state index < -0.39 is 17.5 Å². The first-order valence-electron chi connectivity index (χ1n) is 8.73. The summed E-state index contributed by atoms with van der Waals surface area (Å²) < 4.78 is 10.2. The van der Waals surface area contributed by atoms with Crippen LogP contribution in [0.3, 0.4) is 0 Å². The van der Waals surface area contributed by atoms with Crippen LogP contribution < -0.4 is 0 Å². The molecule has 7 heteroatoms. The third kappa shape index (κ3) is 3.20. The largest absolute Gasteiger partial charge is 0.489 e. The van der Waals surface area contributed by atoms with E-state index in [4.69, 9.17) is 9.47 Å². The number of rotatable bonds is 5. The zero-order valence-electron chi connectivity index (χ0n) is 16.4. The SMILES string of the molecule is COC1=C(OC)C(=O)C(c2ccc(C(=O)O)c(-c3cccnc3)c2C)=C(C)C1=O. The number of ketones is 2. The Morgan fingerprint density at radius 1 is 1.00 bits per heavy atom. The lowest BCUT2D eigenvalue weighted by Gasteiger charge is -2.23. The van der Waals surface area contributed by atoms with E-state index in [0.29, 0.717) is 22.3 Å². The first kappa shape index (κ1) is 20.0. The van der Waals surface area contributed by atoms with Crippen molar-refractivity contribution >= 4 is 23.1 Å². The first-order valence-corrected chi connectivity index (χ1v) is 8.73. The molecule has 0 aliphatic heterocycles. The number of allylic oxidation sites excluding steroid dienone is 2. The standard InChI is InChI=1S/C22H19NO6/c1-11-14(17-12(2)18(24)20(28-3)21(29-4)19(17)25)7-8-15(22(26)27)16(11)13-6-5-9-23-10-13/h5-10H,1-4H3,(H,26,27). The molecular formula is C22H19NO6. The Morgan fingerprint density at radius 2 is 1.66 bits per heavy atom. The molecule has 0 atom stereocenters. The third-order valence-electron chi connectivity index (χ3n) is 4.88. The second kappa shape index (κ2) is 7.71. The molecule has 2 aromatic rings. The molecule has 0 radical (unpaired) electrons. The Morgan fingerprint density at radius 3 is 2.21 bits per heavy atom. The average molecular weight is 393 g/mol. The van der Waals surface area contributed by atoms with Gasteiger partial charge in [-0.3, -0.25) is 14.6 Å². The number of nitrogens with zero attached hydrogens (tertiary/aromatic N) is 1. The molecule has 1 aromatic heterocycles. The van der Waals surface area contributed by atoms with Crippen LogP contribution in [0.4, 0.5) is 0 Å². The minimum Gasteiger partial charge on any atom is -0.489 e. The van der Waals surface area contributed by atoms with Gasteiger partial charge in [0.1, 0.15) is 0 Å². The van der Waals surface area contributed by atoms with Crippen LogP contribution in [0.2, 0.25) is 0 Å². The molecule has 0 fully saturated rings. The Kier molecular flexibility index (Phi) is 5.32. The molecule has 1 aliphatic rings. The van der Waals surface area contributed by atoms with Crippen LogP contribution in [0.1, 0.15) is 28.4 Å². The van der Waals surface area contributed by atoms with Crippen molar-refractivity contribution < 1.29 is 29.0 Å². The van der Waals surface area contributed by atoms with Crippen LogP contribution in [0.15, 0.2) is 53.8 Å². The topological polar surface area (TPSA) is 103 Å². The van der Waals surface area contributed by atoms with Gasteiger partial charge >= 0.3 is 5.97 Å². The average Bonchev–Trinajstić information content (AvgIpc) is 2.71. The Labute approximate surface area is 167 Å². The summed E-state index contributed by atoms with van der Waals surface area (Å²) in [5.74, 6) is -2.38. The summed E-state index contributed by atoms with van der Waals surface area (Å²) >= 11 is 0. The number of aromatic carboxylic acids is 1. The maximum absolute atomic E-state index is 13.1. The second-order valence-electron chi connectivity index (χ2n) is 6.43. The minimum atomic E-state index is -1.10. The van der Waals surface area contributed by atoms with E-state index in [-0.39, 0.29) is 28.2 Å². The van der Waals surface area contributed by atoms with E-state index in [1.54, 1.807) is 31.5 Å². The molecule has 0 saturated carbocycles. The number of hydrogen-bond acceptors (Lipinski definition) is 6. The van der Waals surface area contributed by atoms with E-state index in [9.17, 15) is 19.5 Å². The van der Waals surface area contributed by atoms with Crippen molar-refractivity contribution in [1.29, 1.82) is 0 Å². The molecule has 3 rings (SSSR count). The normalized spacial score (nSPS) is 14.3. The molecule has 1 N–H and O–H groups in total. The number of carboxylic acids is 1. The van der Waals surface area contributed by atoms with E-state index in [1.165, 1.54) is 33.3 Å². The number of ether oxygens (including phenoxy) is 2. The van der Waals surface area contributed by atoms with E-state index in [0.717, 1.165) is 0 Å². The predicted octanol–water partition coefficient (Wildman–Crippen LogP) is 3.18. The van der Waals surface area contributed by atoms with Gasteiger partial charge in [-0.05, 0) is 37.1 Å². The number of carboxylic acid groups (broad SMARTS) is 1. The number of Topliss-reactive ketones (excluding diaryl/α,β-unsaturated/α-hetero) is 2. The molecule has 148 valence electrons. The summed E-state index contributed by atoms with van der Waals surface area (Å²) in [5.41, 5.74) is 2.47. The van der Waals surface area contributed by atoms with Crippen molar-refractivity contribution in [2.24, 2.45) is 0 Å². The quantitative estimate of drug-likeness (QED) is 0.778. The molecule has 0 saturated heterocycles. The molecular weight excluding hydrogens is 374 g/mol. The van der Waals surface area contributed by atoms with Crippen molar-refractivity contribution in [1.82, 2.24) is 4.98 Å².